The molecule has 3 N–H and O–H groups in total. The van der Waals surface area contributed by atoms with Crippen LogP contribution in [0.2, 0.25) is 10.0 Å². The van der Waals surface area contributed by atoms with Crippen molar-refractivity contribution >= 4 is 51.3 Å². The zero-order valence-electron chi connectivity index (χ0n) is 14.8. The first-order valence-electron chi connectivity index (χ1n) is 8.38. The summed E-state index contributed by atoms with van der Waals surface area (Å²) >= 11 is 12.3. The second kappa shape index (κ2) is 7.50. The third kappa shape index (κ3) is 3.52. The Morgan fingerprint density at radius 2 is 1.82 bits per heavy atom. The number of hydrogen-bond donors (Lipinski definition) is 2. The zero-order chi connectivity index (χ0) is 19.7. The minimum Gasteiger partial charge on any atom is -0.435 e. The van der Waals surface area contributed by atoms with Gasteiger partial charge in [0.1, 0.15) is 17.5 Å². The summed E-state index contributed by atoms with van der Waals surface area (Å²) in [5, 5.41) is 4.82. The van der Waals surface area contributed by atoms with E-state index in [1.54, 1.807) is 18.2 Å². The second-order valence-corrected chi connectivity index (χ2v) is 6.84. The highest BCUT2D eigenvalue weighted by molar-refractivity contribution is 6.43. The maximum atomic E-state index is 6.23. The third-order valence-electron chi connectivity index (χ3n) is 4.08. The first-order valence-corrected chi connectivity index (χ1v) is 9.14. The predicted molar refractivity (Wildman–Crippen MR) is 113 cm³/mol. The van der Waals surface area contributed by atoms with Crippen molar-refractivity contribution in [3.63, 3.8) is 0 Å². The Hall–Kier alpha value is -3.09. The Morgan fingerprint density at radius 1 is 1.00 bits per heavy atom. The van der Waals surface area contributed by atoms with Crippen molar-refractivity contribution in [3.05, 3.63) is 70.6 Å². The number of aryl methyl sites for hydroxylation is 1. The Labute approximate surface area is 171 Å². The number of aromatic nitrogens is 3. The number of nitrogens with one attached hydrogen (secondary N) is 1. The van der Waals surface area contributed by atoms with Crippen molar-refractivity contribution in [1.82, 2.24) is 15.0 Å². The van der Waals surface area contributed by atoms with E-state index >= 15 is 0 Å². The summed E-state index contributed by atoms with van der Waals surface area (Å²) in [7, 11) is 0. The van der Waals surface area contributed by atoms with Gasteiger partial charge in [-0.2, -0.15) is 4.98 Å². The van der Waals surface area contributed by atoms with Crippen LogP contribution in [0.15, 0.2) is 54.9 Å². The van der Waals surface area contributed by atoms with Gasteiger partial charge in [0.25, 0.3) is 0 Å². The van der Waals surface area contributed by atoms with Gasteiger partial charge in [0.2, 0.25) is 5.88 Å². The number of fused-ring (bicyclic) bond motifs is 1. The molecule has 0 spiro atoms. The SMILES string of the molecule is Cc1ccc2cccc(Oc3ncnc(Nc4cccc(Cl)c4Cl)c3N)c2n1. The molecule has 0 bridgehead atoms. The Morgan fingerprint density at radius 3 is 2.68 bits per heavy atom. The smallest absolute Gasteiger partial charge is 0.248 e. The molecule has 0 fully saturated rings. The molecular formula is C20H15Cl2N5O. The van der Waals surface area contributed by atoms with Crippen molar-refractivity contribution in [2.45, 2.75) is 6.92 Å². The molecule has 4 rings (SSSR count). The van der Waals surface area contributed by atoms with Gasteiger partial charge in [0.15, 0.2) is 11.6 Å². The standard InChI is InChI=1S/C20H15Cl2N5O/c1-11-8-9-12-4-2-7-15(18(12)26-11)28-20-17(23)19(24-10-25-20)27-14-6-3-5-13(21)16(14)22/h2-10H,23H2,1H3,(H,24,25,27). The molecule has 0 aliphatic carbocycles. The summed E-state index contributed by atoms with van der Waals surface area (Å²) in [5.74, 6) is 1.13. The van der Waals surface area contributed by atoms with Crippen molar-refractivity contribution in [2.24, 2.45) is 0 Å². The molecule has 0 atom stereocenters. The highest BCUT2D eigenvalue weighted by Crippen LogP contribution is 2.36. The van der Waals surface area contributed by atoms with Gasteiger partial charge in [0, 0.05) is 11.1 Å². The van der Waals surface area contributed by atoms with Gasteiger partial charge in [-0.05, 0) is 31.2 Å². The summed E-state index contributed by atoms with van der Waals surface area (Å²) in [6, 6.07) is 14.8. The molecule has 4 aromatic rings. The van der Waals surface area contributed by atoms with Crippen molar-refractivity contribution in [2.75, 3.05) is 11.1 Å². The number of halogens is 2. The summed E-state index contributed by atoms with van der Waals surface area (Å²) in [5.41, 5.74) is 8.66. The van der Waals surface area contributed by atoms with Gasteiger partial charge < -0.3 is 15.8 Å². The molecule has 0 aliphatic heterocycles. The van der Waals surface area contributed by atoms with Crippen LogP contribution in [0, 0.1) is 6.92 Å². The molecule has 0 saturated carbocycles. The first-order chi connectivity index (χ1) is 13.5. The number of para-hydroxylation sites is 1. The topological polar surface area (TPSA) is 86.0 Å². The van der Waals surface area contributed by atoms with Crippen LogP contribution in [0.4, 0.5) is 17.2 Å². The highest BCUT2D eigenvalue weighted by atomic mass is 35.5. The fourth-order valence-electron chi connectivity index (χ4n) is 2.69. The van der Waals surface area contributed by atoms with Gasteiger partial charge in [-0.1, -0.05) is 47.5 Å². The van der Waals surface area contributed by atoms with E-state index in [0.717, 1.165) is 16.6 Å². The zero-order valence-corrected chi connectivity index (χ0v) is 16.3. The minimum absolute atomic E-state index is 0.214. The molecule has 2 aromatic carbocycles. The second-order valence-electron chi connectivity index (χ2n) is 6.05. The number of rotatable bonds is 4. The fraction of sp³-hybridized carbons (Fsp3) is 0.0500. The van der Waals surface area contributed by atoms with Crippen LogP contribution in [0.25, 0.3) is 10.9 Å². The molecule has 0 radical (unpaired) electrons. The Bertz CT molecular complexity index is 1180. The highest BCUT2D eigenvalue weighted by Gasteiger charge is 2.14. The molecule has 2 heterocycles. The maximum Gasteiger partial charge on any atom is 0.248 e. The van der Waals surface area contributed by atoms with Gasteiger partial charge in [-0.25, -0.2) is 9.97 Å². The van der Waals surface area contributed by atoms with Crippen molar-refractivity contribution < 1.29 is 4.74 Å². The molecule has 0 amide bonds. The summed E-state index contributed by atoms with van der Waals surface area (Å²) in [6.07, 6.45) is 1.36. The summed E-state index contributed by atoms with van der Waals surface area (Å²) in [6.45, 7) is 1.92. The van der Waals surface area contributed by atoms with E-state index in [9.17, 15) is 0 Å². The number of anilines is 3. The molecule has 6 nitrogen and oxygen atoms in total. The molecule has 28 heavy (non-hydrogen) atoms. The Kier molecular flexibility index (Phi) is 4.90. The van der Waals surface area contributed by atoms with Crippen LogP contribution in [0.5, 0.6) is 11.6 Å². The number of nitrogens with two attached hydrogens (primary N) is 1. The lowest BCUT2D eigenvalue weighted by Crippen LogP contribution is -2.03. The van der Waals surface area contributed by atoms with E-state index in [1.165, 1.54) is 6.33 Å². The van der Waals surface area contributed by atoms with Crippen LogP contribution in [0.3, 0.4) is 0 Å². The van der Waals surface area contributed by atoms with Crippen LogP contribution >= 0.6 is 23.2 Å². The molecule has 8 heteroatoms. The lowest BCUT2D eigenvalue weighted by Gasteiger charge is -2.13. The van der Waals surface area contributed by atoms with E-state index in [4.69, 9.17) is 33.7 Å². The van der Waals surface area contributed by atoms with E-state index in [2.05, 4.69) is 20.3 Å². The number of hydrogen-bond acceptors (Lipinski definition) is 6. The van der Waals surface area contributed by atoms with Crippen molar-refractivity contribution in [1.29, 1.82) is 0 Å². The molecular weight excluding hydrogens is 397 g/mol. The predicted octanol–water partition coefficient (Wildman–Crippen LogP) is 5.76. The van der Waals surface area contributed by atoms with Gasteiger partial charge in [0.05, 0.1) is 15.7 Å². The van der Waals surface area contributed by atoms with Crippen LogP contribution in [0.1, 0.15) is 5.69 Å². The average Bonchev–Trinajstić information content (AvgIpc) is 2.69. The number of pyridine rings is 1. The molecule has 0 unspecified atom stereocenters. The first kappa shape index (κ1) is 18.3. The molecule has 0 aliphatic rings. The van der Waals surface area contributed by atoms with E-state index < -0.39 is 0 Å². The third-order valence-corrected chi connectivity index (χ3v) is 4.90. The van der Waals surface area contributed by atoms with Crippen LogP contribution < -0.4 is 15.8 Å². The molecule has 140 valence electrons. The fourth-order valence-corrected chi connectivity index (χ4v) is 3.04. The number of nitrogens with zero attached hydrogens (tertiary/aromatic N) is 3. The van der Waals surface area contributed by atoms with E-state index in [-0.39, 0.29) is 11.6 Å². The molecule has 0 saturated heterocycles. The van der Waals surface area contributed by atoms with Crippen LogP contribution in [-0.2, 0) is 0 Å². The monoisotopic (exact) mass is 411 g/mol. The number of nitrogen functional groups attached to an aromatic ring is 1. The molecule has 2 aromatic heterocycles. The Balaban J connectivity index is 1.70. The van der Waals surface area contributed by atoms with Gasteiger partial charge >= 0.3 is 0 Å². The number of benzene rings is 2. The maximum absolute atomic E-state index is 6.23. The number of ether oxygens (including phenoxy) is 1. The summed E-state index contributed by atoms with van der Waals surface area (Å²) < 4.78 is 5.97. The van der Waals surface area contributed by atoms with E-state index in [0.29, 0.717) is 27.3 Å². The quantitative estimate of drug-likeness (QED) is 0.443. The lowest BCUT2D eigenvalue weighted by atomic mass is 10.2. The van der Waals surface area contributed by atoms with E-state index in [1.807, 2.05) is 37.3 Å². The largest absolute Gasteiger partial charge is 0.435 e. The van der Waals surface area contributed by atoms with Gasteiger partial charge in [-0.15, -0.1) is 0 Å². The normalized spacial score (nSPS) is 10.8. The van der Waals surface area contributed by atoms with Crippen LogP contribution in [-0.4, -0.2) is 15.0 Å². The van der Waals surface area contributed by atoms with Gasteiger partial charge in [-0.3, -0.25) is 0 Å². The summed E-state index contributed by atoms with van der Waals surface area (Å²) in [4.78, 5) is 12.9. The lowest BCUT2D eigenvalue weighted by molar-refractivity contribution is 0.469. The van der Waals surface area contributed by atoms with Crippen molar-refractivity contribution in [3.8, 4) is 11.6 Å². The minimum atomic E-state index is 0.214. The average molecular weight is 412 g/mol.